The lowest BCUT2D eigenvalue weighted by Gasteiger charge is -2.15. The molecule has 6 nitrogen and oxygen atoms in total. The van der Waals surface area contributed by atoms with Crippen LogP contribution in [0.5, 0.6) is 5.75 Å². The minimum atomic E-state index is -0.642. The third kappa shape index (κ3) is 5.57. The van der Waals surface area contributed by atoms with Crippen molar-refractivity contribution in [1.82, 2.24) is 5.32 Å². The fraction of sp³-hybridized carbons (Fsp3) is 0.364. The largest absolute Gasteiger partial charge is 0.481 e. The zero-order valence-corrected chi connectivity index (χ0v) is 16.2. The number of aryl methyl sites for hydroxylation is 1. The predicted octanol–water partition coefficient (Wildman–Crippen LogP) is 3.31. The molecule has 6 heteroatoms. The Morgan fingerprint density at radius 1 is 1.14 bits per heavy atom. The van der Waals surface area contributed by atoms with Gasteiger partial charge in [-0.2, -0.15) is 0 Å². The second kappa shape index (κ2) is 9.37. The molecule has 2 atom stereocenters. The highest BCUT2D eigenvalue weighted by Gasteiger charge is 2.17. The van der Waals surface area contributed by atoms with E-state index in [-0.39, 0.29) is 17.9 Å². The molecule has 0 aliphatic carbocycles. The first-order chi connectivity index (χ1) is 13.5. The molecule has 0 saturated carbocycles. The smallest absolute Gasteiger partial charge is 0.265 e. The molecule has 2 N–H and O–H groups in total. The van der Waals surface area contributed by atoms with Gasteiger partial charge in [0, 0.05) is 24.4 Å². The van der Waals surface area contributed by atoms with E-state index in [0.717, 1.165) is 25.0 Å². The number of carbonyl (C=O) groups is 2. The molecule has 1 fully saturated rings. The molecule has 2 amide bonds. The molecule has 1 aliphatic heterocycles. The van der Waals surface area contributed by atoms with E-state index in [4.69, 9.17) is 9.47 Å². The third-order valence-electron chi connectivity index (χ3n) is 4.63. The van der Waals surface area contributed by atoms with Gasteiger partial charge >= 0.3 is 0 Å². The first kappa shape index (κ1) is 19.9. The van der Waals surface area contributed by atoms with Crippen molar-refractivity contribution in [2.24, 2.45) is 0 Å². The van der Waals surface area contributed by atoms with Crippen molar-refractivity contribution in [3.05, 3.63) is 59.7 Å². The van der Waals surface area contributed by atoms with Crippen LogP contribution in [0.15, 0.2) is 48.5 Å². The van der Waals surface area contributed by atoms with Crippen molar-refractivity contribution in [2.75, 3.05) is 18.5 Å². The van der Waals surface area contributed by atoms with Crippen LogP contribution in [0.3, 0.4) is 0 Å². The number of hydrogen-bond donors (Lipinski definition) is 2. The fourth-order valence-corrected chi connectivity index (χ4v) is 2.94. The Kier molecular flexibility index (Phi) is 6.66. The Balaban J connectivity index is 1.49. The van der Waals surface area contributed by atoms with Gasteiger partial charge in [0.25, 0.3) is 11.8 Å². The number of benzene rings is 2. The molecule has 0 aromatic heterocycles. The lowest BCUT2D eigenvalue weighted by Crippen LogP contribution is -2.32. The topological polar surface area (TPSA) is 76.7 Å². The number of hydrogen-bond acceptors (Lipinski definition) is 4. The van der Waals surface area contributed by atoms with Gasteiger partial charge in [0.05, 0.1) is 6.10 Å². The highest BCUT2D eigenvalue weighted by Crippen LogP contribution is 2.15. The molecule has 0 bridgehead atoms. The molecule has 2 aromatic rings. The van der Waals surface area contributed by atoms with Gasteiger partial charge in [-0.25, -0.2) is 0 Å². The van der Waals surface area contributed by atoms with Gasteiger partial charge in [-0.05, 0) is 63.1 Å². The quantitative estimate of drug-likeness (QED) is 0.770. The van der Waals surface area contributed by atoms with E-state index in [9.17, 15) is 9.59 Å². The molecule has 1 aliphatic rings. The second-order valence-corrected chi connectivity index (χ2v) is 6.98. The maximum atomic E-state index is 12.3. The van der Waals surface area contributed by atoms with Gasteiger partial charge < -0.3 is 20.1 Å². The Labute approximate surface area is 165 Å². The second-order valence-electron chi connectivity index (χ2n) is 6.98. The lowest BCUT2D eigenvalue weighted by atomic mass is 10.1. The third-order valence-corrected chi connectivity index (χ3v) is 4.63. The van der Waals surface area contributed by atoms with E-state index in [1.807, 2.05) is 31.2 Å². The van der Waals surface area contributed by atoms with Crippen molar-refractivity contribution >= 4 is 17.5 Å². The maximum absolute atomic E-state index is 12.3. The van der Waals surface area contributed by atoms with Crippen LogP contribution in [0.4, 0.5) is 5.69 Å². The summed E-state index contributed by atoms with van der Waals surface area (Å²) in [5.41, 5.74) is 2.28. The van der Waals surface area contributed by atoms with Gasteiger partial charge in [-0.15, -0.1) is 0 Å². The Hall–Kier alpha value is -2.86. The molecular weight excluding hydrogens is 356 g/mol. The number of nitrogens with one attached hydrogen (secondary N) is 2. The van der Waals surface area contributed by atoms with Crippen molar-refractivity contribution in [1.29, 1.82) is 0 Å². The Bertz CT molecular complexity index is 796. The van der Waals surface area contributed by atoms with Crippen molar-refractivity contribution in [3.63, 3.8) is 0 Å². The minimum Gasteiger partial charge on any atom is -0.481 e. The predicted molar refractivity (Wildman–Crippen MR) is 108 cm³/mol. The summed E-state index contributed by atoms with van der Waals surface area (Å²) < 4.78 is 11.2. The number of rotatable bonds is 7. The van der Waals surface area contributed by atoms with E-state index in [2.05, 4.69) is 10.6 Å². The summed E-state index contributed by atoms with van der Waals surface area (Å²) in [5, 5.41) is 5.68. The number of anilines is 1. The van der Waals surface area contributed by atoms with Crippen LogP contribution in [0.1, 0.15) is 35.7 Å². The lowest BCUT2D eigenvalue weighted by molar-refractivity contribution is -0.122. The van der Waals surface area contributed by atoms with Gasteiger partial charge in [0.1, 0.15) is 5.75 Å². The van der Waals surface area contributed by atoms with Crippen LogP contribution in [0.2, 0.25) is 0 Å². The van der Waals surface area contributed by atoms with Crippen LogP contribution in [0.25, 0.3) is 0 Å². The summed E-state index contributed by atoms with van der Waals surface area (Å²) in [5.74, 6) is 0.243. The summed E-state index contributed by atoms with van der Waals surface area (Å²) in [6, 6.07) is 14.3. The van der Waals surface area contributed by atoms with Crippen LogP contribution >= 0.6 is 0 Å². The average molecular weight is 382 g/mol. The zero-order chi connectivity index (χ0) is 19.9. The van der Waals surface area contributed by atoms with E-state index >= 15 is 0 Å². The number of amides is 2. The van der Waals surface area contributed by atoms with Crippen LogP contribution in [0, 0.1) is 6.92 Å². The minimum absolute atomic E-state index is 0.109. The summed E-state index contributed by atoms with van der Waals surface area (Å²) >= 11 is 0. The van der Waals surface area contributed by atoms with Gasteiger partial charge in [-0.1, -0.05) is 17.7 Å². The molecule has 3 rings (SSSR count). The van der Waals surface area contributed by atoms with Crippen molar-refractivity contribution in [3.8, 4) is 5.75 Å². The summed E-state index contributed by atoms with van der Waals surface area (Å²) in [7, 11) is 0. The van der Waals surface area contributed by atoms with Crippen LogP contribution < -0.4 is 15.4 Å². The zero-order valence-electron chi connectivity index (χ0n) is 16.2. The van der Waals surface area contributed by atoms with Gasteiger partial charge in [-0.3, -0.25) is 9.59 Å². The van der Waals surface area contributed by atoms with Crippen LogP contribution in [-0.2, 0) is 9.53 Å². The SMILES string of the molecule is Cc1ccc(O[C@@H](C)C(=O)Nc2ccc(C(=O)NC[C@@H]3CCCO3)cc2)cc1. The highest BCUT2D eigenvalue weighted by molar-refractivity contribution is 5.96. The Morgan fingerprint density at radius 3 is 2.50 bits per heavy atom. The molecule has 148 valence electrons. The molecule has 28 heavy (non-hydrogen) atoms. The summed E-state index contributed by atoms with van der Waals surface area (Å²) in [6.45, 7) is 4.97. The number of carbonyl (C=O) groups excluding carboxylic acids is 2. The fourth-order valence-electron chi connectivity index (χ4n) is 2.94. The number of ether oxygens (including phenoxy) is 2. The van der Waals surface area contributed by atoms with E-state index < -0.39 is 6.10 Å². The normalized spacial score (nSPS) is 17.0. The van der Waals surface area contributed by atoms with Gasteiger partial charge in [0.15, 0.2) is 6.10 Å². The average Bonchev–Trinajstić information content (AvgIpc) is 3.22. The first-order valence-corrected chi connectivity index (χ1v) is 9.55. The standard InChI is InChI=1S/C22H26N2O4/c1-15-5-11-19(12-6-15)28-16(2)21(25)24-18-9-7-17(8-10-18)22(26)23-14-20-4-3-13-27-20/h5-12,16,20H,3-4,13-14H2,1-2H3,(H,23,26)(H,24,25)/t16-,20-/m0/s1. The van der Waals surface area contributed by atoms with Crippen molar-refractivity contribution < 1.29 is 19.1 Å². The van der Waals surface area contributed by atoms with Crippen molar-refractivity contribution in [2.45, 2.75) is 38.9 Å². The summed E-state index contributed by atoms with van der Waals surface area (Å²) in [6.07, 6.45) is 1.49. The van der Waals surface area contributed by atoms with E-state index in [1.54, 1.807) is 31.2 Å². The Morgan fingerprint density at radius 2 is 1.86 bits per heavy atom. The molecule has 1 heterocycles. The monoisotopic (exact) mass is 382 g/mol. The molecule has 2 aromatic carbocycles. The molecule has 0 spiro atoms. The molecule has 0 radical (unpaired) electrons. The molecular formula is C22H26N2O4. The molecule has 1 saturated heterocycles. The maximum Gasteiger partial charge on any atom is 0.265 e. The molecule has 0 unspecified atom stereocenters. The first-order valence-electron chi connectivity index (χ1n) is 9.55. The van der Waals surface area contributed by atoms with E-state index in [0.29, 0.717) is 23.5 Å². The van der Waals surface area contributed by atoms with Crippen LogP contribution in [-0.4, -0.2) is 37.2 Å². The van der Waals surface area contributed by atoms with E-state index in [1.165, 1.54) is 0 Å². The van der Waals surface area contributed by atoms with Gasteiger partial charge in [0.2, 0.25) is 0 Å². The highest BCUT2D eigenvalue weighted by atomic mass is 16.5. The summed E-state index contributed by atoms with van der Waals surface area (Å²) in [4.78, 5) is 24.5.